The summed E-state index contributed by atoms with van der Waals surface area (Å²) in [5.41, 5.74) is 0.988. The van der Waals surface area contributed by atoms with Gasteiger partial charge in [0.2, 0.25) is 0 Å². The summed E-state index contributed by atoms with van der Waals surface area (Å²) in [6.45, 7) is 1.68. The van der Waals surface area contributed by atoms with Gasteiger partial charge in [-0.2, -0.15) is 0 Å². The molecular weight excluding hydrogens is 418 g/mol. The molecule has 0 saturated carbocycles. The summed E-state index contributed by atoms with van der Waals surface area (Å²) in [4.78, 5) is 14.1. The van der Waals surface area contributed by atoms with Crippen molar-refractivity contribution in [1.29, 1.82) is 0 Å². The van der Waals surface area contributed by atoms with Crippen LogP contribution in [0.4, 0.5) is 5.82 Å². The van der Waals surface area contributed by atoms with Crippen LogP contribution < -0.4 is 5.32 Å². The predicted octanol–water partition coefficient (Wildman–Crippen LogP) is 1.59. The Balaban J connectivity index is 1.60. The fourth-order valence-electron chi connectivity index (χ4n) is 3.44. The Hall–Kier alpha value is -1.82. The molecule has 0 radical (unpaired) electrons. The van der Waals surface area contributed by atoms with Crippen LogP contribution >= 0.6 is 22.9 Å². The van der Waals surface area contributed by atoms with Crippen molar-refractivity contribution in [1.82, 2.24) is 19.5 Å². The lowest BCUT2D eigenvalue weighted by Gasteiger charge is -2.18. The third-order valence-electron chi connectivity index (χ3n) is 5.11. The van der Waals surface area contributed by atoms with E-state index in [2.05, 4.69) is 27.2 Å². The summed E-state index contributed by atoms with van der Waals surface area (Å²) in [6.07, 6.45) is 0.344. The largest absolute Gasteiger partial charge is 0.394 e. The Morgan fingerprint density at radius 1 is 1.31 bits per heavy atom. The van der Waals surface area contributed by atoms with Gasteiger partial charge < -0.3 is 25.4 Å². The molecule has 3 aromatic rings. The monoisotopic (exact) mass is 439 g/mol. The number of aliphatic hydroxyl groups excluding tert-OH is 3. The van der Waals surface area contributed by atoms with E-state index in [1.165, 1.54) is 12.7 Å². The Bertz CT molecular complexity index is 982. The van der Waals surface area contributed by atoms with Crippen molar-refractivity contribution in [3.05, 3.63) is 34.0 Å². The molecule has 1 saturated heterocycles. The second-order valence-electron chi connectivity index (χ2n) is 6.92. The summed E-state index contributed by atoms with van der Waals surface area (Å²) >= 11 is 7.85. The second kappa shape index (κ2) is 8.50. The van der Waals surface area contributed by atoms with Crippen molar-refractivity contribution in [3.63, 3.8) is 0 Å². The molecule has 0 bridgehead atoms. The Morgan fingerprint density at radius 3 is 2.79 bits per heavy atom. The number of imidazole rings is 1. The number of halogens is 1. The molecule has 4 rings (SSSR count). The number of hydrogen-bond donors (Lipinski definition) is 4. The first-order valence-corrected chi connectivity index (χ1v) is 10.6. The van der Waals surface area contributed by atoms with E-state index in [1.54, 1.807) is 15.9 Å². The summed E-state index contributed by atoms with van der Waals surface area (Å²) < 4.78 is 7.14. The number of aromatic nitrogens is 4. The average Bonchev–Trinajstić information content (AvgIpc) is 3.41. The number of thiophene rings is 1. The van der Waals surface area contributed by atoms with Gasteiger partial charge in [0.25, 0.3) is 0 Å². The summed E-state index contributed by atoms with van der Waals surface area (Å²) in [7, 11) is 0. The Kier molecular flexibility index (Phi) is 6.00. The van der Waals surface area contributed by atoms with E-state index < -0.39 is 31.1 Å². The summed E-state index contributed by atoms with van der Waals surface area (Å²) in [5.74, 6) is 0.569. The molecule has 4 N–H and O–H groups in total. The van der Waals surface area contributed by atoms with Gasteiger partial charge in [0, 0.05) is 17.3 Å². The molecule has 156 valence electrons. The van der Waals surface area contributed by atoms with Gasteiger partial charge in [-0.25, -0.2) is 15.0 Å². The molecule has 4 heterocycles. The maximum Gasteiger partial charge on any atom is 0.167 e. The van der Waals surface area contributed by atoms with Gasteiger partial charge in [0.05, 0.1) is 18.0 Å². The Morgan fingerprint density at radius 2 is 2.14 bits per heavy atom. The van der Waals surface area contributed by atoms with E-state index in [-0.39, 0.29) is 6.04 Å². The highest BCUT2D eigenvalue weighted by molar-refractivity contribution is 7.10. The van der Waals surface area contributed by atoms with Crippen LogP contribution in [-0.4, -0.2) is 65.8 Å². The average molecular weight is 440 g/mol. The van der Waals surface area contributed by atoms with E-state index in [4.69, 9.17) is 16.3 Å². The standard InChI is InChI=1S/C18H22ClN5O4S/c1-2-9(5-12-10(19)3-4-29-12)23-16-13-17(21-7-20-16)24(8-22-13)18-15(27)14(26)11(6-25)28-18/h3-4,7-9,11,14-15,18,25-27H,2,5-6H2,1H3,(H,20,21,23)/t9-,11-,14-,15-,18-/m1/s1. The van der Waals surface area contributed by atoms with Gasteiger partial charge in [-0.05, 0) is 17.9 Å². The van der Waals surface area contributed by atoms with Crippen molar-refractivity contribution in [3.8, 4) is 0 Å². The summed E-state index contributed by atoms with van der Waals surface area (Å²) in [6, 6.07) is 1.99. The molecule has 9 nitrogen and oxygen atoms in total. The molecule has 0 spiro atoms. The number of rotatable bonds is 7. The molecule has 0 aliphatic carbocycles. The highest BCUT2D eigenvalue weighted by Crippen LogP contribution is 2.32. The first-order chi connectivity index (χ1) is 14.0. The van der Waals surface area contributed by atoms with Gasteiger partial charge in [0.1, 0.15) is 24.6 Å². The van der Waals surface area contributed by atoms with Crippen LogP contribution in [0.25, 0.3) is 11.2 Å². The van der Waals surface area contributed by atoms with Crippen LogP contribution in [0.1, 0.15) is 24.4 Å². The van der Waals surface area contributed by atoms with Gasteiger partial charge in [-0.15, -0.1) is 11.3 Å². The van der Waals surface area contributed by atoms with E-state index in [1.807, 2.05) is 11.4 Å². The number of hydrogen-bond acceptors (Lipinski definition) is 9. The molecule has 1 aliphatic heterocycles. The van der Waals surface area contributed by atoms with Crippen LogP contribution in [0.5, 0.6) is 0 Å². The van der Waals surface area contributed by atoms with E-state index in [0.29, 0.717) is 17.0 Å². The minimum absolute atomic E-state index is 0.100. The molecule has 29 heavy (non-hydrogen) atoms. The third kappa shape index (κ3) is 3.83. The minimum Gasteiger partial charge on any atom is -0.394 e. The second-order valence-corrected chi connectivity index (χ2v) is 8.33. The van der Waals surface area contributed by atoms with E-state index in [0.717, 1.165) is 22.7 Å². The number of anilines is 1. The maximum atomic E-state index is 10.3. The van der Waals surface area contributed by atoms with Gasteiger partial charge in [-0.3, -0.25) is 4.57 Å². The SMILES string of the molecule is CC[C@H](Cc1sccc1Cl)Nc1ncnc2c1ncn2[C@@H]1O[C@H](CO)[C@@H](O)[C@H]1O. The fraction of sp³-hybridized carbons (Fsp3) is 0.500. The number of fused-ring (bicyclic) bond motifs is 1. The molecule has 11 heteroatoms. The molecule has 0 unspecified atom stereocenters. The normalized spacial score (nSPS) is 25.6. The minimum atomic E-state index is -1.21. The van der Waals surface area contributed by atoms with Crippen LogP contribution in [0, 0.1) is 0 Å². The lowest BCUT2D eigenvalue weighted by molar-refractivity contribution is -0.0511. The van der Waals surface area contributed by atoms with Crippen molar-refractivity contribution >= 4 is 39.9 Å². The smallest absolute Gasteiger partial charge is 0.167 e. The molecule has 3 aromatic heterocycles. The van der Waals surface area contributed by atoms with Crippen LogP contribution in [-0.2, 0) is 11.2 Å². The molecule has 1 fully saturated rings. The topological polar surface area (TPSA) is 126 Å². The van der Waals surface area contributed by atoms with Gasteiger partial charge >= 0.3 is 0 Å². The zero-order chi connectivity index (χ0) is 20.5. The third-order valence-corrected chi connectivity index (χ3v) is 6.52. The van der Waals surface area contributed by atoms with Crippen LogP contribution in [0.3, 0.4) is 0 Å². The van der Waals surface area contributed by atoms with Crippen molar-refractivity contribution in [2.45, 2.75) is 50.3 Å². The molecule has 1 aliphatic rings. The molecule has 5 atom stereocenters. The number of ether oxygens (including phenoxy) is 1. The first-order valence-electron chi connectivity index (χ1n) is 9.31. The van der Waals surface area contributed by atoms with Crippen LogP contribution in [0.2, 0.25) is 5.02 Å². The first kappa shape index (κ1) is 20.5. The number of aliphatic hydroxyl groups is 3. The van der Waals surface area contributed by atoms with Crippen LogP contribution in [0.15, 0.2) is 24.1 Å². The van der Waals surface area contributed by atoms with Crippen molar-refractivity contribution < 1.29 is 20.1 Å². The highest BCUT2D eigenvalue weighted by atomic mass is 35.5. The molecule has 0 amide bonds. The van der Waals surface area contributed by atoms with E-state index >= 15 is 0 Å². The number of nitrogens with one attached hydrogen (secondary N) is 1. The van der Waals surface area contributed by atoms with Gasteiger partial charge in [-0.1, -0.05) is 18.5 Å². The number of nitrogens with zero attached hydrogens (tertiary/aromatic N) is 4. The summed E-state index contributed by atoms with van der Waals surface area (Å²) in [5, 5.41) is 35.8. The predicted molar refractivity (Wildman–Crippen MR) is 109 cm³/mol. The lowest BCUT2D eigenvalue weighted by Crippen LogP contribution is -2.33. The van der Waals surface area contributed by atoms with E-state index in [9.17, 15) is 15.3 Å². The zero-order valence-electron chi connectivity index (χ0n) is 15.6. The Labute approximate surface area is 176 Å². The fourth-order valence-corrected chi connectivity index (χ4v) is 4.63. The molecule has 0 aromatic carbocycles. The maximum absolute atomic E-state index is 10.3. The lowest BCUT2D eigenvalue weighted by atomic mass is 10.1. The van der Waals surface area contributed by atoms with Crippen molar-refractivity contribution in [2.24, 2.45) is 0 Å². The quantitative estimate of drug-likeness (QED) is 0.437. The zero-order valence-corrected chi connectivity index (χ0v) is 17.2. The molecular formula is C18H22ClN5O4S. The van der Waals surface area contributed by atoms with Gasteiger partial charge in [0.15, 0.2) is 23.2 Å². The highest BCUT2D eigenvalue weighted by Gasteiger charge is 2.44. The van der Waals surface area contributed by atoms with Crippen molar-refractivity contribution in [2.75, 3.05) is 11.9 Å².